The van der Waals surface area contributed by atoms with E-state index in [-0.39, 0.29) is 12.3 Å². The minimum atomic E-state index is -4.27. The van der Waals surface area contributed by atoms with Crippen molar-refractivity contribution in [3.63, 3.8) is 0 Å². The number of nitrogens with one attached hydrogen (secondary N) is 1. The van der Waals surface area contributed by atoms with E-state index in [0.717, 1.165) is 49.4 Å². The molecule has 8 rings (SSSR count). The van der Waals surface area contributed by atoms with Crippen molar-refractivity contribution in [1.82, 2.24) is 0 Å². The molecule has 0 radical (unpaired) electrons. The number of para-hydroxylation sites is 4. The lowest BCUT2D eigenvalue weighted by atomic mass is 9.86. The SMILES string of the molecule is C.CCN1C(=CC=C2CCCC(C=Cc3sc4ccccc4[n+]3CC)=C2C=C2Nc3ccccc3N2C)Sc2ccccc21.Cc1ccc(S(=O)(=O)[O-])cc1. The molecular formula is C45H48N4O3S3. The van der Waals surface area contributed by atoms with Gasteiger partial charge in [-0.2, -0.15) is 4.57 Å². The Morgan fingerprint density at radius 2 is 1.58 bits per heavy atom. The van der Waals surface area contributed by atoms with Gasteiger partial charge in [0.25, 0.3) is 5.01 Å². The number of thiazole rings is 1. The van der Waals surface area contributed by atoms with Crippen LogP contribution in [0.15, 0.2) is 159 Å². The number of rotatable bonds is 7. The summed E-state index contributed by atoms with van der Waals surface area (Å²) in [6, 6.07) is 31.8. The predicted octanol–water partition coefficient (Wildman–Crippen LogP) is 11.0. The molecular weight excluding hydrogens is 741 g/mol. The number of fused-ring (bicyclic) bond motifs is 3. The summed E-state index contributed by atoms with van der Waals surface area (Å²) in [6.07, 6.45) is 15.1. The zero-order valence-corrected chi connectivity index (χ0v) is 33.4. The van der Waals surface area contributed by atoms with Gasteiger partial charge in [0.1, 0.15) is 27.2 Å². The van der Waals surface area contributed by atoms with Crippen LogP contribution in [0, 0.1) is 6.92 Å². The summed E-state index contributed by atoms with van der Waals surface area (Å²) >= 11 is 3.75. The maximum Gasteiger partial charge on any atom is 0.262 e. The monoisotopic (exact) mass is 788 g/mol. The van der Waals surface area contributed by atoms with E-state index in [0.29, 0.717) is 0 Å². The summed E-state index contributed by atoms with van der Waals surface area (Å²) in [4.78, 5) is 5.86. The first kappa shape index (κ1) is 39.8. The molecule has 0 saturated heterocycles. The van der Waals surface area contributed by atoms with Gasteiger partial charge in [-0.05, 0) is 111 Å². The number of hydrogen-bond acceptors (Lipinski definition) is 8. The summed E-state index contributed by atoms with van der Waals surface area (Å²) in [7, 11) is -2.12. The molecule has 0 bridgehead atoms. The molecule has 55 heavy (non-hydrogen) atoms. The van der Waals surface area contributed by atoms with E-state index in [1.165, 1.54) is 65.4 Å². The van der Waals surface area contributed by atoms with Crippen LogP contribution in [0.3, 0.4) is 0 Å². The molecule has 0 unspecified atom stereocenters. The summed E-state index contributed by atoms with van der Waals surface area (Å²) in [5, 5.41) is 6.27. The Balaban J connectivity index is 0.000000371. The number of allylic oxidation sites excluding steroid dienone is 7. The first-order valence-electron chi connectivity index (χ1n) is 18.3. The topological polar surface area (TPSA) is 79.6 Å². The zero-order valence-electron chi connectivity index (χ0n) is 31.0. The van der Waals surface area contributed by atoms with E-state index >= 15 is 0 Å². The molecule has 2 aliphatic heterocycles. The lowest BCUT2D eigenvalue weighted by Gasteiger charge is -2.22. The van der Waals surface area contributed by atoms with Crippen LogP contribution in [0.4, 0.5) is 17.1 Å². The van der Waals surface area contributed by atoms with E-state index in [4.69, 9.17) is 0 Å². The Bertz CT molecular complexity index is 2460. The Morgan fingerprint density at radius 1 is 0.873 bits per heavy atom. The average molecular weight is 789 g/mol. The number of anilines is 3. The number of aromatic nitrogens is 1. The molecule has 0 fully saturated rings. The zero-order chi connectivity index (χ0) is 37.8. The molecule has 7 nitrogen and oxygen atoms in total. The van der Waals surface area contributed by atoms with Gasteiger partial charge in [0.15, 0.2) is 0 Å². The number of benzene rings is 4. The summed E-state index contributed by atoms with van der Waals surface area (Å²) in [6.45, 7) is 8.21. The molecule has 0 spiro atoms. The number of thioether (sulfide) groups is 1. The van der Waals surface area contributed by atoms with Gasteiger partial charge in [-0.15, -0.1) is 0 Å². The van der Waals surface area contributed by atoms with Crippen molar-refractivity contribution < 1.29 is 17.5 Å². The van der Waals surface area contributed by atoms with Crippen LogP contribution >= 0.6 is 23.1 Å². The third-order valence-electron chi connectivity index (χ3n) is 9.82. The van der Waals surface area contributed by atoms with Gasteiger partial charge >= 0.3 is 0 Å². The van der Waals surface area contributed by atoms with Crippen LogP contribution in [-0.2, 0) is 16.7 Å². The number of aryl methyl sites for hydroxylation is 2. The molecule has 3 heterocycles. The van der Waals surface area contributed by atoms with Gasteiger partial charge < -0.3 is 19.7 Å². The third-order valence-corrected chi connectivity index (χ3v) is 12.9. The van der Waals surface area contributed by atoms with Crippen LogP contribution in [0.5, 0.6) is 0 Å². The second-order valence-electron chi connectivity index (χ2n) is 13.3. The van der Waals surface area contributed by atoms with Crippen LogP contribution in [0.2, 0.25) is 0 Å². The van der Waals surface area contributed by atoms with E-state index < -0.39 is 10.1 Å². The van der Waals surface area contributed by atoms with Crippen molar-refractivity contribution in [1.29, 1.82) is 0 Å². The quantitative estimate of drug-likeness (QED) is 0.130. The molecule has 1 aromatic heterocycles. The Hall–Kier alpha value is -4.87. The fourth-order valence-corrected chi connectivity index (χ4v) is 9.75. The smallest absolute Gasteiger partial charge is 0.262 e. The first-order valence-corrected chi connectivity index (χ1v) is 21.3. The minimum absolute atomic E-state index is 0. The maximum atomic E-state index is 10.4. The Labute approximate surface area is 334 Å². The van der Waals surface area contributed by atoms with Crippen molar-refractivity contribution in [3.05, 3.63) is 160 Å². The molecule has 5 aromatic rings. The van der Waals surface area contributed by atoms with Gasteiger partial charge in [-0.1, -0.05) is 96.8 Å². The molecule has 1 aliphatic carbocycles. The van der Waals surface area contributed by atoms with Gasteiger partial charge in [0.05, 0.1) is 27.0 Å². The summed E-state index contributed by atoms with van der Waals surface area (Å²) in [5.41, 5.74) is 10.0. The largest absolute Gasteiger partial charge is 0.744 e. The second kappa shape index (κ2) is 17.3. The lowest BCUT2D eigenvalue weighted by Crippen LogP contribution is -2.33. The number of nitrogens with zero attached hydrogens (tertiary/aromatic N) is 3. The van der Waals surface area contributed by atoms with Crippen LogP contribution in [-0.4, -0.2) is 26.6 Å². The van der Waals surface area contributed by atoms with Crippen LogP contribution in [0.1, 0.15) is 51.1 Å². The minimum Gasteiger partial charge on any atom is -0.744 e. The van der Waals surface area contributed by atoms with Crippen molar-refractivity contribution in [2.24, 2.45) is 0 Å². The van der Waals surface area contributed by atoms with Gasteiger partial charge in [-0.25, -0.2) is 8.42 Å². The van der Waals surface area contributed by atoms with E-state index in [1.807, 2.05) is 30.0 Å². The molecule has 4 aromatic carbocycles. The Kier molecular flexibility index (Phi) is 12.5. The van der Waals surface area contributed by atoms with E-state index in [1.54, 1.807) is 12.1 Å². The predicted molar refractivity (Wildman–Crippen MR) is 232 cm³/mol. The van der Waals surface area contributed by atoms with Crippen molar-refractivity contribution in [3.8, 4) is 0 Å². The molecule has 10 heteroatoms. The second-order valence-corrected chi connectivity index (χ2v) is 16.8. The van der Waals surface area contributed by atoms with E-state index in [9.17, 15) is 13.0 Å². The first-order chi connectivity index (χ1) is 26.1. The van der Waals surface area contributed by atoms with Crippen molar-refractivity contribution >= 4 is 66.6 Å². The molecule has 0 saturated carbocycles. The molecule has 0 amide bonds. The standard InChI is InChI=1S/C37H36N4S2.C7H8O3S.CH4/c1-4-40-31-17-8-10-19-33(31)42-36(40)23-21-26-13-12-14-27(22-24-37-41(5-2)32-18-9-11-20-34(32)43-37)28(26)25-35-38-29-15-6-7-16-30(29)39(35)3;1-6-2-4-7(5-3-6)11(8,9)10;/h6-11,15-25H,4-5,12-14H2,1-3H3;2-5H,1H3,(H,8,9,10);1H4. The lowest BCUT2D eigenvalue weighted by molar-refractivity contribution is -0.665. The maximum absolute atomic E-state index is 10.4. The molecule has 0 atom stereocenters. The van der Waals surface area contributed by atoms with Crippen LogP contribution in [0.25, 0.3) is 16.3 Å². The highest BCUT2D eigenvalue weighted by atomic mass is 32.2. The van der Waals surface area contributed by atoms with E-state index in [2.05, 4.69) is 144 Å². The molecule has 284 valence electrons. The van der Waals surface area contributed by atoms with Crippen LogP contribution < -0.4 is 19.7 Å². The fraction of sp³-hybridized carbons (Fsp3) is 0.222. The summed E-state index contributed by atoms with van der Waals surface area (Å²) < 4.78 is 34.9. The average Bonchev–Trinajstić information content (AvgIpc) is 3.83. The fourth-order valence-electron chi connectivity index (χ4n) is 7.02. The van der Waals surface area contributed by atoms with Gasteiger partial charge in [0, 0.05) is 30.6 Å². The highest BCUT2D eigenvalue weighted by Gasteiger charge is 2.25. The third kappa shape index (κ3) is 8.68. The molecule has 1 N–H and O–H groups in total. The van der Waals surface area contributed by atoms with Crippen molar-refractivity contribution in [2.45, 2.75) is 63.8 Å². The van der Waals surface area contributed by atoms with Gasteiger partial charge in [0.2, 0.25) is 5.52 Å². The van der Waals surface area contributed by atoms with Gasteiger partial charge in [-0.3, -0.25) is 0 Å². The highest BCUT2D eigenvalue weighted by molar-refractivity contribution is 8.03. The molecule has 3 aliphatic rings. The van der Waals surface area contributed by atoms with Crippen molar-refractivity contribution in [2.75, 3.05) is 28.7 Å². The summed E-state index contributed by atoms with van der Waals surface area (Å²) in [5.74, 6) is 1.12. The Morgan fingerprint density at radius 3 is 2.31 bits per heavy atom. The normalized spacial score (nSPS) is 17.4. The highest BCUT2D eigenvalue weighted by Crippen LogP contribution is 2.46. The number of hydrogen-bond donors (Lipinski definition) is 1.